The van der Waals surface area contributed by atoms with E-state index < -0.39 is 23.9 Å². The Morgan fingerprint density at radius 2 is 1.90 bits per heavy atom. The van der Waals surface area contributed by atoms with Crippen LogP contribution in [0.5, 0.6) is 17.2 Å². The highest BCUT2D eigenvalue weighted by atomic mass is 35.5. The van der Waals surface area contributed by atoms with Crippen molar-refractivity contribution < 1.29 is 33.3 Å². The van der Waals surface area contributed by atoms with Crippen molar-refractivity contribution in [2.75, 3.05) is 26.9 Å². The Bertz CT molecular complexity index is 1380. The van der Waals surface area contributed by atoms with Crippen molar-refractivity contribution in [1.29, 1.82) is 0 Å². The summed E-state index contributed by atoms with van der Waals surface area (Å²) < 4.78 is 21.5. The lowest BCUT2D eigenvalue weighted by Crippen LogP contribution is -2.45. The number of carbonyl (C=O) groups is 3. The molecule has 210 valence electrons. The van der Waals surface area contributed by atoms with Crippen LogP contribution < -0.4 is 30.3 Å². The van der Waals surface area contributed by atoms with Gasteiger partial charge in [0, 0.05) is 5.70 Å². The molecule has 3 N–H and O–H groups in total. The number of allylic oxidation sites excluding steroid dienone is 1. The first-order valence-electron chi connectivity index (χ1n) is 11.8. The normalized spacial score (nSPS) is 14.6. The number of hydrogen-bond donors (Lipinski definition) is 3. The number of terminal acetylenes is 1. The summed E-state index contributed by atoms with van der Waals surface area (Å²) >= 11 is 12.3. The van der Waals surface area contributed by atoms with E-state index >= 15 is 0 Å². The van der Waals surface area contributed by atoms with Crippen molar-refractivity contribution in [2.45, 2.75) is 19.9 Å². The monoisotopic (exact) mass is 588 g/mol. The van der Waals surface area contributed by atoms with Crippen LogP contribution in [-0.4, -0.2) is 51.1 Å². The van der Waals surface area contributed by atoms with Crippen LogP contribution in [0.1, 0.15) is 31.0 Å². The maximum absolute atomic E-state index is 12.6. The Hall–Kier alpha value is -4.40. The molecule has 3 rings (SSSR count). The number of rotatable bonds is 11. The highest BCUT2D eigenvalue weighted by molar-refractivity contribution is 6.37. The Morgan fingerprint density at radius 3 is 2.55 bits per heavy atom. The van der Waals surface area contributed by atoms with Gasteiger partial charge in [-0.1, -0.05) is 35.2 Å². The van der Waals surface area contributed by atoms with E-state index in [0.29, 0.717) is 16.8 Å². The van der Waals surface area contributed by atoms with Gasteiger partial charge in [0.2, 0.25) is 0 Å². The van der Waals surface area contributed by atoms with Crippen LogP contribution in [0, 0.1) is 12.3 Å². The van der Waals surface area contributed by atoms with Gasteiger partial charge in [0.25, 0.3) is 5.91 Å². The average Bonchev–Trinajstić information content (AvgIpc) is 2.91. The van der Waals surface area contributed by atoms with E-state index in [4.69, 9.17) is 48.6 Å². The minimum atomic E-state index is -0.784. The molecule has 0 bridgehead atoms. The number of benzene rings is 2. The lowest BCUT2D eigenvalue weighted by molar-refractivity contribution is -0.139. The second kappa shape index (κ2) is 14.1. The third kappa shape index (κ3) is 7.59. The van der Waals surface area contributed by atoms with E-state index in [-0.39, 0.29) is 52.7 Å². The van der Waals surface area contributed by atoms with E-state index in [0.717, 1.165) is 0 Å². The molecule has 0 aromatic heterocycles. The summed E-state index contributed by atoms with van der Waals surface area (Å²) in [5.41, 5.74) is 4.03. The zero-order valence-electron chi connectivity index (χ0n) is 21.8. The van der Waals surface area contributed by atoms with Gasteiger partial charge in [0.1, 0.15) is 6.61 Å². The smallest absolute Gasteiger partial charge is 0.338 e. The van der Waals surface area contributed by atoms with Crippen molar-refractivity contribution in [3.63, 3.8) is 0 Å². The zero-order valence-corrected chi connectivity index (χ0v) is 23.3. The molecule has 3 amide bonds. The van der Waals surface area contributed by atoms with E-state index in [1.807, 2.05) is 0 Å². The molecule has 11 nitrogen and oxygen atoms in total. The molecule has 0 fully saturated rings. The Morgan fingerprint density at radius 1 is 1.18 bits per heavy atom. The summed E-state index contributed by atoms with van der Waals surface area (Å²) in [6.45, 7) is 3.10. The number of halogens is 2. The third-order valence-corrected chi connectivity index (χ3v) is 5.93. The molecule has 1 heterocycles. The van der Waals surface area contributed by atoms with E-state index in [9.17, 15) is 14.4 Å². The highest BCUT2D eigenvalue weighted by Crippen LogP contribution is 2.35. The topological polar surface area (TPSA) is 137 Å². The first-order chi connectivity index (χ1) is 19.2. The molecule has 0 aliphatic carbocycles. The Labute approximate surface area is 240 Å². The first kappa shape index (κ1) is 30.1. The summed E-state index contributed by atoms with van der Waals surface area (Å²) in [5.74, 6) is 1.99. The number of hydrazone groups is 1. The van der Waals surface area contributed by atoms with E-state index in [1.165, 1.54) is 13.3 Å². The number of hydrogen-bond acceptors (Lipinski definition) is 8. The quantitative estimate of drug-likeness (QED) is 0.157. The standard InChI is InChI=1S/C27H26Cl2N4O7/c1-5-9-39-25-18(28)10-16(11-19(25)29)13-30-33-22(34)14-40-20-8-7-17(12-21(20)37-4)24-23(26(35)38-6-2)15(3)31-27(36)32-24/h1,7-8,10-13,24H,6,9,14H2,2-4H3,(H,33,34)(H2,31,32,36)/b30-13-/t24-/m0/s1. The molecule has 1 atom stereocenters. The highest BCUT2D eigenvalue weighted by Gasteiger charge is 2.32. The summed E-state index contributed by atoms with van der Waals surface area (Å²) in [4.78, 5) is 36.9. The number of methoxy groups -OCH3 is 1. The van der Waals surface area contributed by atoms with Gasteiger partial charge >= 0.3 is 12.0 Å². The van der Waals surface area contributed by atoms with Gasteiger partial charge < -0.3 is 29.6 Å². The zero-order chi connectivity index (χ0) is 29.2. The van der Waals surface area contributed by atoms with Crippen molar-refractivity contribution in [2.24, 2.45) is 5.10 Å². The van der Waals surface area contributed by atoms with Crippen LogP contribution in [0.15, 0.2) is 46.7 Å². The van der Waals surface area contributed by atoms with Gasteiger partial charge in [-0.05, 0) is 49.2 Å². The molecule has 1 aliphatic rings. The lowest BCUT2D eigenvalue weighted by atomic mass is 9.95. The Kier molecular flexibility index (Phi) is 10.6. The van der Waals surface area contributed by atoms with Crippen LogP contribution in [0.3, 0.4) is 0 Å². The molecular formula is C27H26Cl2N4O7. The van der Waals surface area contributed by atoms with Crippen LogP contribution in [0.4, 0.5) is 4.79 Å². The summed E-state index contributed by atoms with van der Waals surface area (Å²) in [6.07, 6.45) is 6.52. The molecular weight excluding hydrogens is 563 g/mol. The molecule has 0 spiro atoms. The fourth-order valence-electron chi connectivity index (χ4n) is 3.67. The maximum Gasteiger partial charge on any atom is 0.338 e. The molecule has 0 saturated heterocycles. The number of nitrogens with one attached hydrogen (secondary N) is 3. The Balaban J connectivity index is 1.66. The number of ether oxygens (including phenoxy) is 4. The molecule has 2 aromatic rings. The summed E-state index contributed by atoms with van der Waals surface area (Å²) in [5, 5.41) is 9.64. The van der Waals surface area contributed by atoms with Crippen molar-refractivity contribution in [3.8, 4) is 29.6 Å². The van der Waals surface area contributed by atoms with Crippen molar-refractivity contribution in [1.82, 2.24) is 16.1 Å². The summed E-state index contributed by atoms with van der Waals surface area (Å²) in [7, 11) is 1.42. The minimum Gasteiger partial charge on any atom is -0.493 e. The SMILES string of the molecule is C#CCOc1c(Cl)cc(/C=N\NC(=O)COc2ccc([C@@H]3NC(=O)NC(C)=C3C(=O)OCC)cc2OC)cc1Cl. The van der Waals surface area contributed by atoms with Gasteiger partial charge in [0.15, 0.2) is 23.9 Å². The predicted octanol–water partition coefficient (Wildman–Crippen LogP) is 3.73. The number of amides is 3. The second-order valence-electron chi connectivity index (χ2n) is 8.09. The van der Waals surface area contributed by atoms with Gasteiger partial charge in [-0.25, -0.2) is 15.0 Å². The van der Waals surface area contributed by atoms with Crippen molar-refractivity contribution >= 4 is 47.3 Å². The maximum atomic E-state index is 12.6. The molecule has 0 radical (unpaired) electrons. The van der Waals surface area contributed by atoms with Crippen LogP contribution in [0.2, 0.25) is 10.0 Å². The number of esters is 1. The van der Waals surface area contributed by atoms with Gasteiger partial charge in [-0.3, -0.25) is 4.79 Å². The molecule has 1 aliphatic heterocycles. The second-order valence-corrected chi connectivity index (χ2v) is 8.90. The van der Waals surface area contributed by atoms with E-state index in [1.54, 1.807) is 44.2 Å². The number of nitrogens with zero attached hydrogens (tertiary/aromatic N) is 1. The van der Waals surface area contributed by atoms with Crippen molar-refractivity contribution in [3.05, 3.63) is 62.8 Å². The van der Waals surface area contributed by atoms with Crippen LogP contribution in [0.25, 0.3) is 0 Å². The third-order valence-electron chi connectivity index (χ3n) is 5.37. The molecule has 0 saturated carbocycles. The molecule has 40 heavy (non-hydrogen) atoms. The predicted molar refractivity (Wildman–Crippen MR) is 149 cm³/mol. The van der Waals surface area contributed by atoms with Crippen LogP contribution >= 0.6 is 23.2 Å². The molecule has 0 unspecified atom stereocenters. The first-order valence-corrected chi connectivity index (χ1v) is 12.6. The van der Waals surface area contributed by atoms with Gasteiger partial charge in [0.05, 0.1) is 41.6 Å². The molecule has 13 heteroatoms. The average molecular weight is 589 g/mol. The fourth-order valence-corrected chi connectivity index (χ4v) is 4.28. The summed E-state index contributed by atoms with van der Waals surface area (Å²) in [6, 6.07) is 6.64. The fraction of sp³-hybridized carbons (Fsp3) is 0.259. The van der Waals surface area contributed by atoms with Gasteiger partial charge in [-0.2, -0.15) is 5.10 Å². The number of carbonyl (C=O) groups excluding carboxylic acids is 3. The minimum absolute atomic E-state index is 0.0103. The van der Waals surface area contributed by atoms with E-state index in [2.05, 4.69) is 27.1 Å². The van der Waals surface area contributed by atoms with Crippen LogP contribution in [-0.2, 0) is 14.3 Å². The molecule has 2 aromatic carbocycles. The van der Waals surface area contributed by atoms with Gasteiger partial charge in [-0.15, -0.1) is 6.42 Å². The largest absolute Gasteiger partial charge is 0.493 e. The number of urea groups is 1. The lowest BCUT2D eigenvalue weighted by Gasteiger charge is -2.28.